The number of ether oxygens (including phenoxy) is 1. The van der Waals surface area contributed by atoms with Crippen LogP contribution in [0.4, 0.5) is 5.00 Å². The van der Waals surface area contributed by atoms with Crippen LogP contribution in [0, 0.1) is 0 Å². The van der Waals surface area contributed by atoms with Gasteiger partial charge in [-0.15, -0.1) is 11.3 Å². The van der Waals surface area contributed by atoms with Crippen molar-refractivity contribution in [1.82, 2.24) is 5.32 Å². The molecule has 1 unspecified atom stereocenters. The predicted octanol–water partition coefficient (Wildman–Crippen LogP) is 4.63. The molecule has 1 aliphatic carbocycles. The van der Waals surface area contributed by atoms with Gasteiger partial charge in [0.05, 0.1) is 18.7 Å². The number of benzene rings is 1. The van der Waals surface area contributed by atoms with Crippen molar-refractivity contribution < 1.29 is 9.53 Å². The molecule has 0 radical (unpaired) electrons. The normalized spacial score (nSPS) is 13.8. The summed E-state index contributed by atoms with van der Waals surface area (Å²) in [6.07, 6.45) is 4.07. The number of hydrogen-bond acceptors (Lipinski definition) is 4. The minimum atomic E-state index is -0.294. The molecule has 138 valence electrons. The summed E-state index contributed by atoms with van der Waals surface area (Å²) in [5, 5.41) is 7.82. The van der Waals surface area contributed by atoms with Crippen molar-refractivity contribution in [1.29, 1.82) is 0 Å². The zero-order valence-corrected chi connectivity index (χ0v) is 17.0. The van der Waals surface area contributed by atoms with Crippen LogP contribution in [0.25, 0.3) is 0 Å². The van der Waals surface area contributed by atoms with Crippen LogP contribution in [-0.2, 0) is 24.0 Å². The van der Waals surface area contributed by atoms with Crippen LogP contribution in [0.15, 0.2) is 24.3 Å². The summed E-state index contributed by atoms with van der Waals surface area (Å²) in [4.78, 5) is 13.5. The first-order valence-corrected chi connectivity index (χ1v) is 10.1. The topological polar surface area (TPSA) is 50.4 Å². The van der Waals surface area contributed by atoms with Gasteiger partial charge < -0.3 is 15.4 Å². The van der Waals surface area contributed by atoms with E-state index < -0.39 is 0 Å². The third-order valence-corrected chi connectivity index (χ3v) is 6.20. The minimum Gasteiger partial charge on any atom is -0.465 e. The molecule has 0 spiro atoms. The van der Waals surface area contributed by atoms with Crippen LogP contribution >= 0.6 is 23.6 Å². The van der Waals surface area contributed by atoms with Crippen molar-refractivity contribution in [3.05, 3.63) is 51.4 Å². The molecular weight excluding hydrogens is 364 g/mol. The van der Waals surface area contributed by atoms with E-state index >= 15 is 0 Å². The number of esters is 1. The Balaban J connectivity index is 1.71. The van der Waals surface area contributed by atoms with Crippen LogP contribution in [0.1, 0.15) is 58.2 Å². The minimum absolute atomic E-state index is 0.0780. The Bertz CT molecular complexity index is 812. The Morgan fingerprint density at radius 3 is 2.69 bits per heavy atom. The molecule has 0 amide bonds. The molecule has 0 saturated heterocycles. The van der Waals surface area contributed by atoms with Crippen LogP contribution in [-0.4, -0.2) is 18.2 Å². The van der Waals surface area contributed by atoms with E-state index in [1.54, 1.807) is 11.3 Å². The van der Waals surface area contributed by atoms with Crippen molar-refractivity contribution in [2.24, 2.45) is 0 Å². The Labute approximate surface area is 164 Å². The lowest BCUT2D eigenvalue weighted by atomic mass is 10.1. The molecule has 4 nitrogen and oxygen atoms in total. The summed E-state index contributed by atoms with van der Waals surface area (Å²) >= 11 is 7.09. The molecule has 6 heteroatoms. The predicted molar refractivity (Wildman–Crippen MR) is 111 cm³/mol. The van der Waals surface area contributed by atoms with Gasteiger partial charge in [0, 0.05) is 4.88 Å². The maximum Gasteiger partial charge on any atom is 0.341 e. The fourth-order valence-electron chi connectivity index (χ4n) is 3.27. The lowest BCUT2D eigenvalue weighted by molar-refractivity contribution is 0.0601. The number of nitrogens with one attached hydrogen (secondary N) is 2. The van der Waals surface area contributed by atoms with Gasteiger partial charge in [-0.05, 0) is 61.5 Å². The van der Waals surface area contributed by atoms with E-state index in [0.717, 1.165) is 36.2 Å². The first kappa shape index (κ1) is 18.9. The fourth-order valence-corrected chi connectivity index (χ4v) is 4.90. The maximum atomic E-state index is 12.2. The second-order valence-electron chi connectivity index (χ2n) is 6.47. The van der Waals surface area contributed by atoms with E-state index in [1.807, 2.05) is 0 Å². The highest BCUT2D eigenvalue weighted by Crippen LogP contribution is 2.39. The molecule has 2 aromatic rings. The smallest absolute Gasteiger partial charge is 0.341 e. The second kappa shape index (κ2) is 8.18. The first-order valence-electron chi connectivity index (χ1n) is 8.92. The zero-order chi connectivity index (χ0) is 18.7. The Morgan fingerprint density at radius 2 is 2.04 bits per heavy atom. The molecule has 2 N–H and O–H groups in total. The number of fused-ring (bicyclic) bond motifs is 1. The number of thiophene rings is 1. The number of rotatable bonds is 5. The van der Waals surface area contributed by atoms with E-state index in [9.17, 15) is 4.79 Å². The van der Waals surface area contributed by atoms with Crippen molar-refractivity contribution in [3.8, 4) is 0 Å². The lowest BCUT2D eigenvalue weighted by Gasteiger charge is -2.18. The van der Waals surface area contributed by atoms with E-state index in [1.165, 1.54) is 23.1 Å². The first-order chi connectivity index (χ1) is 12.5. The summed E-state index contributed by atoms with van der Waals surface area (Å²) in [7, 11) is 1.42. The second-order valence-corrected chi connectivity index (χ2v) is 7.98. The van der Waals surface area contributed by atoms with Crippen molar-refractivity contribution in [3.63, 3.8) is 0 Å². The summed E-state index contributed by atoms with van der Waals surface area (Å²) in [5.41, 5.74) is 4.26. The van der Waals surface area contributed by atoms with Crippen molar-refractivity contribution in [2.45, 2.75) is 45.6 Å². The molecule has 1 aromatic heterocycles. The van der Waals surface area contributed by atoms with Crippen LogP contribution in [0.2, 0.25) is 0 Å². The van der Waals surface area contributed by atoms with Crippen molar-refractivity contribution >= 4 is 39.6 Å². The quantitative estimate of drug-likeness (QED) is 0.578. The monoisotopic (exact) mass is 388 g/mol. The molecule has 3 rings (SSSR count). The Morgan fingerprint density at radius 1 is 1.31 bits per heavy atom. The van der Waals surface area contributed by atoms with Crippen LogP contribution in [0.5, 0.6) is 0 Å². The molecule has 0 bridgehead atoms. The van der Waals surface area contributed by atoms with E-state index in [-0.39, 0.29) is 12.0 Å². The molecule has 0 saturated carbocycles. The highest BCUT2D eigenvalue weighted by atomic mass is 32.1. The molecular formula is C20H24N2O2S2. The average Bonchev–Trinajstić information content (AvgIpc) is 3.21. The van der Waals surface area contributed by atoms with Crippen LogP contribution in [0.3, 0.4) is 0 Å². The standard InChI is InChI=1S/C20H24N2O2S2/c1-4-13-8-10-14(11-9-13)12(2)21-20(25)22-18-17(19(23)24-3)15-6-5-7-16(15)26-18/h8-12H,4-7H2,1-3H3,(H2,21,22,25). The van der Waals surface area contributed by atoms with Gasteiger partial charge in [0.15, 0.2) is 5.11 Å². The summed E-state index contributed by atoms with van der Waals surface area (Å²) in [6.45, 7) is 4.22. The van der Waals surface area contributed by atoms with Gasteiger partial charge in [-0.25, -0.2) is 4.79 Å². The largest absolute Gasteiger partial charge is 0.465 e. The molecule has 1 aromatic carbocycles. The van der Waals surface area contributed by atoms with Gasteiger partial charge in [-0.3, -0.25) is 0 Å². The average molecular weight is 389 g/mol. The van der Waals surface area contributed by atoms with Gasteiger partial charge in [0.2, 0.25) is 0 Å². The Kier molecular flexibility index (Phi) is 5.94. The summed E-state index contributed by atoms with van der Waals surface area (Å²) in [6, 6.07) is 8.61. The SMILES string of the molecule is CCc1ccc(C(C)NC(=S)Nc2sc3c(c2C(=O)OC)CCC3)cc1. The third-order valence-electron chi connectivity index (χ3n) is 4.77. The highest BCUT2D eigenvalue weighted by Gasteiger charge is 2.27. The van der Waals surface area contributed by atoms with Crippen molar-refractivity contribution in [2.75, 3.05) is 12.4 Å². The van der Waals surface area contributed by atoms with E-state index in [2.05, 4.69) is 48.7 Å². The Hall–Kier alpha value is -1.92. The van der Waals surface area contributed by atoms with Gasteiger partial charge >= 0.3 is 5.97 Å². The highest BCUT2D eigenvalue weighted by molar-refractivity contribution is 7.80. The number of hydrogen-bond donors (Lipinski definition) is 2. The van der Waals surface area contributed by atoms with Crippen LogP contribution < -0.4 is 10.6 Å². The van der Waals surface area contributed by atoms with E-state index in [4.69, 9.17) is 17.0 Å². The molecule has 1 heterocycles. The molecule has 0 fully saturated rings. The molecule has 1 atom stereocenters. The third kappa shape index (κ3) is 3.91. The number of methoxy groups -OCH3 is 1. The summed E-state index contributed by atoms with van der Waals surface area (Å²) < 4.78 is 4.98. The lowest BCUT2D eigenvalue weighted by Crippen LogP contribution is -2.31. The number of aryl methyl sites for hydroxylation is 2. The zero-order valence-electron chi connectivity index (χ0n) is 15.3. The maximum absolute atomic E-state index is 12.2. The number of carbonyl (C=O) groups is 1. The van der Waals surface area contributed by atoms with Gasteiger partial charge in [-0.2, -0.15) is 0 Å². The number of thiocarbonyl (C=S) groups is 1. The van der Waals surface area contributed by atoms with Gasteiger partial charge in [0.1, 0.15) is 5.00 Å². The van der Waals surface area contributed by atoms with Gasteiger partial charge in [0.25, 0.3) is 0 Å². The molecule has 0 aliphatic heterocycles. The number of anilines is 1. The summed E-state index contributed by atoms with van der Waals surface area (Å²) in [5.74, 6) is -0.294. The van der Waals surface area contributed by atoms with E-state index in [0.29, 0.717) is 10.7 Å². The van der Waals surface area contributed by atoms with Gasteiger partial charge in [-0.1, -0.05) is 31.2 Å². The molecule has 1 aliphatic rings. The molecule has 26 heavy (non-hydrogen) atoms. The number of carbonyl (C=O) groups excluding carboxylic acids is 1. The fraction of sp³-hybridized carbons (Fsp3) is 0.400.